The Morgan fingerprint density at radius 2 is 2.58 bits per heavy atom. The van der Waals surface area contributed by atoms with Crippen LogP contribution in [0.25, 0.3) is 0 Å². The first-order chi connectivity index (χ1) is 5.67. The molecular weight excluding hydrogens is 269 g/mol. The predicted molar refractivity (Wildman–Crippen MR) is 53.5 cm³/mol. The maximum absolute atomic E-state index is 11.3. The number of nitrogens with zero attached hydrogens (tertiary/aromatic N) is 1. The van der Waals surface area contributed by atoms with E-state index in [1.165, 1.54) is 0 Å². The van der Waals surface area contributed by atoms with Crippen LogP contribution in [0.1, 0.15) is 19.8 Å². The summed E-state index contributed by atoms with van der Waals surface area (Å²) < 4.78 is 6.23. The summed E-state index contributed by atoms with van der Waals surface area (Å²) in [6.45, 7) is 2.92. The van der Waals surface area contributed by atoms with E-state index in [0.29, 0.717) is 6.04 Å². The zero-order valence-electron chi connectivity index (χ0n) is 7.05. The zero-order valence-corrected chi connectivity index (χ0v) is 9.20. The van der Waals surface area contributed by atoms with E-state index in [1.807, 2.05) is 11.8 Å². The Morgan fingerprint density at radius 3 is 3.25 bits per heavy atom. The van der Waals surface area contributed by atoms with Crippen LogP contribution in [-0.2, 0) is 4.74 Å². The van der Waals surface area contributed by atoms with Crippen molar-refractivity contribution in [2.45, 2.75) is 31.4 Å². The predicted octanol–water partition coefficient (Wildman–Crippen LogP) is 1.79. The molecule has 2 saturated heterocycles. The van der Waals surface area contributed by atoms with Crippen molar-refractivity contribution < 1.29 is 9.53 Å². The van der Waals surface area contributed by atoms with Gasteiger partial charge in [0.25, 0.3) is 0 Å². The number of hydrogen-bond donors (Lipinski definition) is 0. The first-order valence-corrected chi connectivity index (χ1v) is 5.75. The number of ether oxygens (including phenoxy) is 1. The number of fused-ring (bicyclic) bond motifs is 1. The van der Waals surface area contributed by atoms with Crippen LogP contribution in [0.5, 0.6) is 0 Å². The summed E-state index contributed by atoms with van der Waals surface area (Å²) >= 11 is 2.29. The van der Waals surface area contributed by atoms with Gasteiger partial charge in [0.1, 0.15) is 5.60 Å². The number of hydrogen-bond acceptors (Lipinski definition) is 2. The van der Waals surface area contributed by atoms with Crippen LogP contribution in [0.15, 0.2) is 0 Å². The molecule has 0 bridgehead atoms. The minimum absolute atomic E-state index is 0.114. The van der Waals surface area contributed by atoms with E-state index < -0.39 is 0 Å². The van der Waals surface area contributed by atoms with Gasteiger partial charge in [-0.15, -0.1) is 0 Å². The van der Waals surface area contributed by atoms with Crippen LogP contribution in [0.4, 0.5) is 4.79 Å². The van der Waals surface area contributed by atoms with Gasteiger partial charge in [0.2, 0.25) is 0 Å². The molecule has 1 amide bonds. The van der Waals surface area contributed by atoms with Crippen LogP contribution in [-0.4, -0.2) is 33.6 Å². The fourth-order valence-electron chi connectivity index (χ4n) is 2.06. The van der Waals surface area contributed by atoms with Crippen molar-refractivity contribution in [1.29, 1.82) is 0 Å². The zero-order chi connectivity index (χ0) is 8.77. The second kappa shape index (κ2) is 2.75. The molecular formula is C8H12INO2. The maximum Gasteiger partial charge on any atom is 0.410 e. The average Bonchev–Trinajstić information content (AvgIpc) is 2.58. The summed E-state index contributed by atoms with van der Waals surface area (Å²) in [7, 11) is 0. The van der Waals surface area contributed by atoms with E-state index in [4.69, 9.17) is 4.74 Å². The SMILES string of the molecule is C[C@@]1(CI)OC(=O)N2CCC[C@H]21. The van der Waals surface area contributed by atoms with E-state index in [9.17, 15) is 4.79 Å². The smallest absolute Gasteiger partial charge is 0.410 e. The fourth-order valence-corrected chi connectivity index (χ4v) is 2.73. The Morgan fingerprint density at radius 1 is 1.83 bits per heavy atom. The molecule has 2 aliphatic heterocycles. The average molecular weight is 281 g/mol. The lowest BCUT2D eigenvalue weighted by Crippen LogP contribution is -2.40. The molecule has 2 atom stereocenters. The highest BCUT2D eigenvalue weighted by Crippen LogP contribution is 2.37. The highest BCUT2D eigenvalue weighted by atomic mass is 127. The van der Waals surface area contributed by atoms with Crippen molar-refractivity contribution in [2.75, 3.05) is 11.0 Å². The van der Waals surface area contributed by atoms with Gasteiger partial charge in [0.05, 0.1) is 6.04 Å². The Bertz CT molecular complexity index is 221. The van der Waals surface area contributed by atoms with Gasteiger partial charge in [-0.3, -0.25) is 0 Å². The highest BCUT2D eigenvalue weighted by Gasteiger charge is 2.51. The maximum atomic E-state index is 11.3. The topological polar surface area (TPSA) is 29.5 Å². The van der Waals surface area contributed by atoms with E-state index in [1.54, 1.807) is 0 Å². The quantitative estimate of drug-likeness (QED) is 0.542. The Labute approximate surface area is 85.6 Å². The molecule has 0 radical (unpaired) electrons. The van der Waals surface area contributed by atoms with Gasteiger partial charge in [-0.25, -0.2) is 4.79 Å². The van der Waals surface area contributed by atoms with Gasteiger partial charge in [0, 0.05) is 11.0 Å². The molecule has 4 heteroatoms. The standard InChI is InChI=1S/C8H12INO2/c1-8(5-9)6-3-2-4-10(6)7(11)12-8/h6H,2-5H2,1H3/t6-,8-/m0/s1. The van der Waals surface area contributed by atoms with Crippen molar-refractivity contribution in [2.24, 2.45) is 0 Å². The third kappa shape index (κ3) is 1.03. The summed E-state index contributed by atoms with van der Waals surface area (Å²) in [5.41, 5.74) is -0.228. The molecule has 0 unspecified atom stereocenters. The minimum Gasteiger partial charge on any atom is -0.440 e. The number of cyclic esters (lactones) is 1. The van der Waals surface area contributed by atoms with Gasteiger partial charge in [0.15, 0.2) is 0 Å². The first kappa shape index (κ1) is 8.59. The van der Waals surface area contributed by atoms with E-state index >= 15 is 0 Å². The first-order valence-electron chi connectivity index (χ1n) is 4.23. The Balaban J connectivity index is 2.25. The van der Waals surface area contributed by atoms with Crippen molar-refractivity contribution in [3.8, 4) is 0 Å². The van der Waals surface area contributed by atoms with Crippen LogP contribution in [0.3, 0.4) is 0 Å². The summed E-state index contributed by atoms with van der Waals surface area (Å²) in [5.74, 6) is 0. The highest BCUT2D eigenvalue weighted by molar-refractivity contribution is 14.1. The molecule has 68 valence electrons. The largest absolute Gasteiger partial charge is 0.440 e. The van der Waals surface area contributed by atoms with Gasteiger partial charge < -0.3 is 9.64 Å². The molecule has 2 fully saturated rings. The second-order valence-electron chi connectivity index (χ2n) is 3.67. The van der Waals surface area contributed by atoms with E-state index in [-0.39, 0.29) is 11.7 Å². The molecule has 0 N–H and O–H groups in total. The Hall–Kier alpha value is 0. The van der Waals surface area contributed by atoms with E-state index in [0.717, 1.165) is 23.8 Å². The molecule has 0 aromatic heterocycles. The molecule has 0 saturated carbocycles. The van der Waals surface area contributed by atoms with Crippen LogP contribution in [0.2, 0.25) is 0 Å². The molecule has 2 heterocycles. The van der Waals surface area contributed by atoms with Gasteiger partial charge in [-0.1, -0.05) is 22.6 Å². The second-order valence-corrected chi connectivity index (χ2v) is 4.43. The number of amides is 1. The third-order valence-electron chi connectivity index (χ3n) is 2.78. The molecule has 0 aliphatic carbocycles. The Kier molecular flexibility index (Phi) is 1.97. The van der Waals surface area contributed by atoms with E-state index in [2.05, 4.69) is 22.6 Å². The minimum atomic E-state index is -0.228. The van der Waals surface area contributed by atoms with Crippen molar-refractivity contribution >= 4 is 28.7 Å². The number of carbonyl (C=O) groups is 1. The normalized spacial score (nSPS) is 40.0. The van der Waals surface area contributed by atoms with Gasteiger partial charge in [-0.05, 0) is 19.8 Å². The molecule has 0 aromatic carbocycles. The van der Waals surface area contributed by atoms with Crippen LogP contribution >= 0.6 is 22.6 Å². The van der Waals surface area contributed by atoms with Crippen molar-refractivity contribution in [1.82, 2.24) is 4.90 Å². The lowest BCUT2D eigenvalue weighted by Gasteiger charge is -2.25. The number of halogens is 1. The number of rotatable bonds is 1. The molecule has 12 heavy (non-hydrogen) atoms. The number of carbonyl (C=O) groups excluding carboxylic acids is 1. The molecule has 2 rings (SSSR count). The molecule has 0 spiro atoms. The van der Waals surface area contributed by atoms with Crippen LogP contribution < -0.4 is 0 Å². The van der Waals surface area contributed by atoms with Crippen LogP contribution in [0, 0.1) is 0 Å². The molecule has 0 aromatic rings. The summed E-state index contributed by atoms with van der Waals surface area (Å²) in [5, 5.41) is 0. The van der Waals surface area contributed by atoms with Crippen molar-refractivity contribution in [3.05, 3.63) is 0 Å². The van der Waals surface area contributed by atoms with Crippen molar-refractivity contribution in [3.63, 3.8) is 0 Å². The summed E-state index contributed by atoms with van der Waals surface area (Å²) in [6.07, 6.45) is 2.12. The number of alkyl halides is 1. The molecule has 2 aliphatic rings. The van der Waals surface area contributed by atoms with Gasteiger partial charge >= 0.3 is 6.09 Å². The lowest BCUT2D eigenvalue weighted by atomic mass is 9.98. The fraction of sp³-hybridized carbons (Fsp3) is 0.875. The molecule has 3 nitrogen and oxygen atoms in total. The lowest BCUT2D eigenvalue weighted by molar-refractivity contribution is 0.0735. The third-order valence-corrected chi connectivity index (χ3v) is 4.29. The summed E-state index contributed by atoms with van der Waals surface area (Å²) in [6, 6.07) is 0.335. The van der Waals surface area contributed by atoms with Gasteiger partial charge in [-0.2, -0.15) is 0 Å². The monoisotopic (exact) mass is 281 g/mol. The summed E-state index contributed by atoms with van der Waals surface area (Å²) in [4.78, 5) is 13.2.